The molecule has 0 saturated carbocycles. The second-order valence-electron chi connectivity index (χ2n) is 7.37. The summed E-state index contributed by atoms with van der Waals surface area (Å²) in [5.74, 6) is 0.407. The van der Waals surface area contributed by atoms with Gasteiger partial charge in [0.05, 0.1) is 6.54 Å². The number of hydrogen-bond donors (Lipinski definition) is 0. The van der Waals surface area contributed by atoms with Crippen LogP contribution in [0.4, 0.5) is 13.2 Å². The van der Waals surface area contributed by atoms with Gasteiger partial charge < -0.3 is 4.57 Å². The molecule has 0 atom stereocenters. The number of piperidine rings is 1. The van der Waals surface area contributed by atoms with E-state index in [4.69, 9.17) is 0 Å². The number of hydrogen-bond acceptors (Lipinski definition) is 2. The summed E-state index contributed by atoms with van der Waals surface area (Å²) in [5, 5.41) is 0. The molecule has 0 spiro atoms. The number of halogens is 3. The molecule has 3 rings (SSSR count). The van der Waals surface area contributed by atoms with Crippen molar-refractivity contribution in [1.29, 1.82) is 0 Å². The van der Waals surface area contributed by atoms with Crippen LogP contribution in [0, 0.1) is 13.8 Å². The summed E-state index contributed by atoms with van der Waals surface area (Å²) in [4.78, 5) is 14.8. The lowest BCUT2D eigenvalue weighted by Gasteiger charge is -2.31. The predicted molar refractivity (Wildman–Crippen MR) is 99.1 cm³/mol. The van der Waals surface area contributed by atoms with Crippen molar-refractivity contribution in [3.8, 4) is 0 Å². The molecular formula is C21H25F3N2O. The van der Waals surface area contributed by atoms with Gasteiger partial charge in [-0.1, -0.05) is 30.3 Å². The van der Waals surface area contributed by atoms with Crippen LogP contribution in [0.15, 0.2) is 36.4 Å². The number of nitrogens with zero attached hydrogens (tertiary/aromatic N) is 2. The number of aryl methyl sites for hydroxylation is 1. The third kappa shape index (κ3) is 4.80. The van der Waals surface area contributed by atoms with Gasteiger partial charge in [0.25, 0.3) is 0 Å². The van der Waals surface area contributed by atoms with E-state index < -0.39 is 12.7 Å². The molecule has 1 aliphatic rings. The van der Waals surface area contributed by atoms with Gasteiger partial charge in [-0.15, -0.1) is 0 Å². The Morgan fingerprint density at radius 3 is 2.33 bits per heavy atom. The normalized spacial score (nSPS) is 16.6. The molecule has 146 valence electrons. The number of carbonyl (C=O) groups excluding carboxylic acids is 1. The minimum atomic E-state index is -4.30. The van der Waals surface area contributed by atoms with Gasteiger partial charge in [-0.05, 0) is 57.3 Å². The minimum Gasteiger partial charge on any atom is -0.339 e. The van der Waals surface area contributed by atoms with Crippen molar-refractivity contribution in [1.82, 2.24) is 9.47 Å². The number of likely N-dealkylation sites (tertiary alicyclic amines) is 1. The van der Waals surface area contributed by atoms with Crippen LogP contribution in [0.1, 0.15) is 46.1 Å². The molecule has 2 heterocycles. The van der Waals surface area contributed by atoms with Crippen LogP contribution in [0.3, 0.4) is 0 Å². The highest BCUT2D eigenvalue weighted by atomic mass is 19.4. The molecule has 1 aromatic carbocycles. The Morgan fingerprint density at radius 1 is 1.11 bits per heavy atom. The average molecular weight is 378 g/mol. The summed E-state index contributed by atoms with van der Waals surface area (Å²) >= 11 is 0. The number of Topliss-reactive ketones (excluding diaryl/α,β-unsaturated/α-hetero) is 1. The first kappa shape index (κ1) is 19.7. The van der Waals surface area contributed by atoms with Crippen LogP contribution >= 0.6 is 0 Å². The molecule has 0 bridgehead atoms. The Morgan fingerprint density at radius 2 is 1.74 bits per heavy atom. The van der Waals surface area contributed by atoms with Crippen molar-refractivity contribution in [2.75, 3.05) is 19.6 Å². The van der Waals surface area contributed by atoms with Crippen molar-refractivity contribution >= 4 is 5.78 Å². The van der Waals surface area contributed by atoms with Crippen LogP contribution in [0.25, 0.3) is 0 Å². The molecule has 1 aliphatic heterocycles. The molecule has 3 nitrogen and oxygen atoms in total. The number of carbonyl (C=O) groups is 1. The van der Waals surface area contributed by atoms with Crippen molar-refractivity contribution < 1.29 is 18.0 Å². The topological polar surface area (TPSA) is 25.2 Å². The van der Waals surface area contributed by atoms with E-state index in [-0.39, 0.29) is 12.3 Å². The van der Waals surface area contributed by atoms with Crippen LogP contribution in [0.5, 0.6) is 0 Å². The number of benzene rings is 1. The largest absolute Gasteiger partial charge is 0.406 e. The van der Waals surface area contributed by atoms with E-state index in [1.807, 2.05) is 18.2 Å². The first-order valence-electron chi connectivity index (χ1n) is 9.28. The molecule has 6 heteroatoms. The molecule has 2 aromatic rings. The molecule has 1 saturated heterocycles. The molecule has 0 aliphatic carbocycles. The quantitative estimate of drug-likeness (QED) is 0.703. The second-order valence-corrected chi connectivity index (χ2v) is 7.37. The van der Waals surface area contributed by atoms with E-state index >= 15 is 0 Å². The van der Waals surface area contributed by atoms with Gasteiger partial charge in [-0.3, -0.25) is 9.69 Å². The van der Waals surface area contributed by atoms with Crippen molar-refractivity contribution in [2.24, 2.45) is 0 Å². The van der Waals surface area contributed by atoms with Gasteiger partial charge in [-0.2, -0.15) is 13.2 Å². The van der Waals surface area contributed by atoms with Crippen LogP contribution in [-0.2, 0) is 6.54 Å². The number of ketones is 1. The summed E-state index contributed by atoms with van der Waals surface area (Å²) < 4.78 is 39.4. The van der Waals surface area contributed by atoms with E-state index in [1.54, 1.807) is 19.9 Å². The second kappa shape index (κ2) is 7.89. The Hall–Kier alpha value is -2.08. The summed E-state index contributed by atoms with van der Waals surface area (Å²) in [6.45, 7) is 4.06. The SMILES string of the molecule is Cc1cc(C(=O)CN2CCC(c3ccccc3)CC2)c(C)n1CC(F)(F)F. The highest BCUT2D eigenvalue weighted by molar-refractivity contribution is 5.99. The van der Waals surface area contributed by atoms with Crippen molar-refractivity contribution in [3.63, 3.8) is 0 Å². The van der Waals surface area contributed by atoms with Gasteiger partial charge in [0, 0.05) is 17.0 Å². The number of aromatic nitrogens is 1. The molecule has 1 fully saturated rings. The van der Waals surface area contributed by atoms with Crippen LogP contribution in [-0.4, -0.2) is 41.1 Å². The number of rotatable bonds is 5. The standard InChI is InChI=1S/C21H25F3N2O/c1-15-12-19(16(2)26(15)14-21(22,23)24)20(27)13-25-10-8-18(9-11-25)17-6-4-3-5-7-17/h3-7,12,18H,8-11,13-14H2,1-2H3. The molecule has 1 aromatic heterocycles. The Balaban J connectivity index is 1.61. The summed E-state index contributed by atoms with van der Waals surface area (Å²) in [6, 6.07) is 12.0. The zero-order chi connectivity index (χ0) is 19.6. The van der Waals surface area contributed by atoms with Gasteiger partial charge >= 0.3 is 6.18 Å². The maximum absolute atomic E-state index is 12.7. The summed E-state index contributed by atoms with van der Waals surface area (Å²) in [7, 11) is 0. The van der Waals surface area contributed by atoms with Crippen LogP contribution < -0.4 is 0 Å². The van der Waals surface area contributed by atoms with Crippen molar-refractivity contribution in [2.45, 2.75) is 45.3 Å². The Kier molecular flexibility index (Phi) is 5.75. The lowest BCUT2D eigenvalue weighted by atomic mass is 9.89. The third-order valence-corrected chi connectivity index (χ3v) is 5.44. The predicted octanol–water partition coefficient (Wildman–Crippen LogP) is 4.73. The first-order valence-corrected chi connectivity index (χ1v) is 9.28. The Labute approximate surface area is 157 Å². The fourth-order valence-corrected chi connectivity index (χ4v) is 3.94. The minimum absolute atomic E-state index is 0.102. The summed E-state index contributed by atoms with van der Waals surface area (Å²) in [5.41, 5.74) is 2.60. The smallest absolute Gasteiger partial charge is 0.339 e. The lowest BCUT2D eigenvalue weighted by Crippen LogP contribution is -2.37. The summed E-state index contributed by atoms with van der Waals surface area (Å²) in [6.07, 6.45) is -2.32. The van der Waals surface area contributed by atoms with Crippen LogP contribution in [0.2, 0.25) is 0 Å². The Bertz CT molecular complexity index is 788. The van der Waals surface area contributed by atoms with E-state index in [0.29, 0.717) is 22.9 Å². The van der Waals surface area contributed by atoms with Gasteiger partial charge in [0.1, 0.15) is 6.54 Å². The van der Waals surface area contributed by atoms with E-state index in [1.165, 1.54) is 10.1 Å². The maximum Gasteiger partial charge on any atom is 0.406 e. The average Bonchev–Trinajstić information content (AvgIpc) is 2.90. The molecule has 0 amide bonds. The highest BCUT2D eigenvalue weighted by Crippen LogP contribution is 2.28. The van der Waals surface area contributed by atoms with Gasteiger partial charge in [0.2, 0.25) is 0 Å². The molecule has 0 radical (unpaired) electrons. The molecule has 0 unspecified atom stereocenters. The fraction of sp³-hybridized carbons (Fsp3) is 0.476. The number of alkyl halides is 3. The van der Waals surface area contributed by atoms with E-state index in [2.05, 4.69) is 17.0 Å². The molecular weight excluding hydrogens is 353 g/mol. The van der Waals surface area contributed by atoms with Gasteiger partial charge in [-0.25, -0.2) is 0 Å². The molecule has 27 heavy (non-hydrogen) atoms. The highest BCUT2D eigenvalue weighted by Gasteiger charge is 2.30. The molecule has 0 N–H and O–H groups in total. The fourth-order valence-electron chi connectivity index (χ4n) is 3.94. The monoisotopic (exact) mass is 378 g/mol. The zero-order valence-electron chi connectivity index (χ0n) is 15.7. The van der Waals surface area contributed by atoms with Gasteiger partial charge in [0.15, 0.2) is 5.78 Å². The maximum atomic E-state index is 12.7. The third-order valence-electron chi connectivity index (χ3n) is 5.44. The van der Waals surface area contributed by atoms with E-state index in [9.17, 15) is 18.0 Å². The zero-order valence-corrected chi connectivity index (χ0v) is 15.7. The first-order chi connectivity index (χ1) is 12.7. The lowest BCUT2D eigenvalue weighted by molar-refractivity contribution is -0.141. The van der Waals surface area contributed by atoms with Crippen molar-refractivity contribution in [3.05, 3.63) is 58.9 Å². The van der Waals surface area contributed by atoms with E-state index in [0.717, 1.165) is 25.9 Å².